The first-order valence-electron chi connectivity index (χ1n) is 15.2. The summed E-state index contributed by atoms with van der Waals surface area (Å²) in [4.78, 5) is 41.3. The Labute approximate surface area is 275 Å². The molecule has 1 fully saturated rings. The summed E-state index contributed by atoms with van der Waals surface area (Å²) in [6.07, 6.45) is 1.21. The number of hydrogen-bond donors (Lipinski definition) is 3. The third-order valence-electron chi connectivity index (χ3n) is 7.83. The van der Waals surface area contributed by atoms with Gasteiger partial charge in [0.1, 0.15) is 17.3 Å². The molecule has 3 N–H and O–H groups in total. The van der Waals surface area contributed by atoms with Crippen LogP contribution in [0.5, 0.6) is 11.5 Å². The number of fused-ring (bicyclic) bond motifs is 1. The van der Waals surface area contributed by atoms with Gasteiger partial charge in [0, 0.05) is 49.8 Å². The number of Topliss-reactive ketones (excluding diaryl/α,β-unsaturated/α-hetero) is 1. The van der Waals surface area contributed by atoms with E-state index < -0.39 is 5.97 Å². The van der Waals surface area contributed by atoms with E-state index in [1.54, 1.807) is 24.1 Å². The molecular formula is C33H45BrN4O7. The van der Waals surface area contributed by atoms with E-state index in [4.69, 9.17) is 24.7 Å². The Kier molecular flexibility index (Phi) is 12.4. The van der Waals surface area contributed by atoms with Crippen LogP contribution in [-0.2, 0) is 21.5 Å². The summed E-state index contributed by atoms with van der Waals surface area (Å²) in [5.41, 5.74) is 3.67. The van der Waals surface area contributed by atoms with Crippen LogP contribution in [0, 0.1) is 5.41 Å². The minimum atomic E-state index is -0.826. The van der Waals surface area contributed by atoms with Crippen molar-refractivity contribution in [2.24, 2.45) is 0 Å². The third-order valence-corrected chi connectivity index (χ3v) is 7.83. The Morgan fingerprint density at radius 2 is 1.78 bits per heavy atom. The number of carbonyl (C=O) groups is 3. The molecular weight excluding hydrogens is 644 g/mol. The summed E-state index contributed by atoms with van der Waals surface area (Å²) in [6.45, 7) is 11.6. The second kappa shape index (κ2) is 15.6. The molecule has 0 saturated carbocycles. The van der Waals surface area contributed by atoms with Gasteiger partial charge in [-0.2, -0.15) is 0 Å². The minimum absolute atomic E-state index is 0. The molecule has 2 aromatic carbocycles. The van der Waals surface area contributed by atoms with Crippen molar-refractivity contribution in [3.8, 4) is 11.5 Å². The second-order valence-electron chi connectivity index (χ2n) is 12.1. The maximum absolute atomic E-state index is 13.9. The van der Waals surface area contributed by atoms with Crippen molar-refractivity contribution in [1.82, 2.24) is 10.2 Å². The minimum Gasteiger partial charge on any atom is -0.493 e. The lowest BCUT2D eigenvalue weighted by Gasteiger charge is -2.34. The van der Waals surface area contributed by atoms with Gasteiger partial charge in [0.05, 0.1) is 44.2 Å². The standard InChI is InChI=1S/C33H44N4O7.BrH/c1-6-43-28-17-22-19-37(31(34)23(22)18-24(28)32(41)35-5)20-27(38)21-15-25(33(2,3)4)30(44-12-8-7-9-29(39)40)26(16-21)36-10-13-42-14-11-36;/h15-18,34H,6-14,19-20H2,1-5H3,(H,35,41)(H,39,40);1H. The first-order valence-corrected chi connectivity index (χ1v) is 15.2. The molecule has 1 saturated heterocycles. The third kappa shape index (κ3) is 8.55. The van der Waals surface area contributed by atoms with Gasteiger partial charge in [0.15, 0.2) is 5.78 Å². The number of nitrogens with zero attached hydrogens (tertiary/aromatic N) is 2. The van der Waals surface area contributed by atoms with E-state index in [1.807, 2.05) is 19.1 Å². The summed E-state index contributed by atoms with van der Waals surface area (Å²) in [6, 6.07) is 7.23. The number of aliphatic carboxylic acids is 1. The van der Waals surface area contributed by atoms with Gasteiger partial charge >= 0.3 is 5.97 Å². The Bertz CT molecular complexity index is 1420. The van der Waals surface area contributed by atoms with Crippen LogP contribution in [0.3, 0.4) is 0 Å². The van der Waals surface area contributed by atoms with Crippen molar-refractivity contribution in [3.63, 3.8) is 0 Å². The number of rotatable bonds is 13. The monoisotopic (exact) mass is 688 g/mol. The number of ether oxygens (including phenoxy) is 3. The van der Waals surface area contributed by atoms with Gasteiger partial charge in [-0.15, -0.1) is 17.0 Å². The van der Waals surface area contributed by atoms with Gasteiger partial charge in [-0.3, -0.25) is 19.8 Å². The number of carboxylic acids is 1. The summed E-state index contributed by atoms with van der Waals surface area (Å²) in [7, 11) is 1.55. The first kappa shape index (κ1) is 35.8. The van der Waals surface area contributed by atoms with Gasteiger partial charge in [-0.1, -0.05) is 20.8 Å². The molecule has 45 heavy (non-hydrogen) atoms. The lowest BCUT2D eigenvalue weighted by atomic mass is 9.84. The van der Waals surface area contributed by atoms with E-state index >= 15 is 0 Å². The molecule has 11 nitrogen and oxygen atoms in total. The average Bonchev–Trinajstić information content (AvgIpc) is 3.29. The molecule has 0 bridgehead atoms. The van der Waals surface area contributed by atoms with Gasteiger partial charge in [0.2, 0.25) is 0 Å². The highest BCUT2D eigenvalue weighted by Crippen LogP contribution is 2.41. The molecule has 4 rings (SSSR count). The number of anilines is 1. The van der Waals surface area contributed by atoms with Gasteiger partial charge in [-0.05, 0) is 55.0 Å². The van der Waals surface area contributed by atoms with E-state index in [0.717, 1.165) is 16.8 Å². The Morgan fingerprint density at radius 3 is 2.40 bits per heavy atom. The number of nitrogens with one attached hydrogen (secondary N) is 2. The molecule has 2 aliphatic heterocycles. The SMILES string of the molecule is Br.CCOc1cc2c(cc1C(=O)NC)C(=N)N(CC(=O)c1cc(N3CCOCC3)c(OCCCCC(=O)O)c(C(C)(C)C)c1)C2. The van der Waals surface area contributed by atoms with Crippen molar-refractivity contribution in [2.75, 3.05) is 58.0 Å². The van der Waals surface area contributed by atoms with E-state index in [0.29, 0.717) is 87.1 Å². The number of amidine groups is 1. The van der Waals surface area contributed by atoms with Gasteiger partial charge in [-0.25, -0.2) is 0 Å². The molecule has 0 radical (unpaired) electrons. The molecule has 2 aromatic rings. The molecule has 0 aromatic heterocycles. The highest BCUT2D eigenvalue weighted by Gasteiger charge is 2.31. The second-order valence-corrected chi connectivity index (χ2v) is 12.1. The van der Waals surface area contributed by atoms with Crippen molar-refractivity contribution in [1.29, 1.82) is 5.41 Å². The van der Waals surface area contributed by atoms with Crippen LogP contribution < -0.4 is 19.7 Å². The first-order chi connectivity index (χ1) is 20.9. The predicted octanol–water partition coefficient (Wildman–Crippen LogP) is 4.81. The maximum Gasteiger partial charge on any atom is 0.303 e. The number of carbonyl (C=O) groups excluding carboxylic acids is 2. The maximum atomic E-state index is 13.9. The highest BCUT2D eigenvalue weighted by atomic mass is 79.9. The lowest BCUT2D eigenvalue weighted by Crippen LogP contribution is -2.37. The molecule has 12 heteroatoms. The average molecular weight is 690 g/mol. The zero-order chi connectivity index (χ0) is 32.0. The summed E-state index contributed by atoms with van der Waals surface area (Å²) in [5.74, 6) is 0.0912. The zero-order valence-electron chi connectivity index (χ0n) is 26.8. The number of ketones is 1. The highest BCUT2D eigenvalue weighted by molar-refractivity contribution is 8.93. The molecule has 0 unspecified atom stereocenters. The number of morpholine rings is 1. The fourth-order valence-electron chi connectivity index (χ4n) is 5.49. The number of carboxylic acid groups (broad SMARTS) is 1. The predicted molar refractivity (Wildman–Crippen MR) is 178 cm³/mol. The van der Waals surface area contributed by atoms with E-state index in [9.17, 15) is 14.4 Å². The Balaban J connectivity index is 0.00000552. The molecule has 0 spiro atoms. The normalized spacial score (nSPS) is 14.5. The van der Waals surface area contributed by atoms with Crippen LogP contribution in [0.4, 0.5) is 5.69 Å². The van der Waals surface area contributed by atoms with Crippen molar-refractivity contribution in [2.45, 2.75) is 58.9 Å². The van der Waals surface area contributed by atoms with E-state index in [1.165, 1.54) is 0 Å². The van der Waals surface area contributed by atoms with Gasteiger partial charge in [0.25, 0.3) is 5.91 Å². The molecule has 1 amide bonds. The number of unbranched alkanes of at least 4 members (excludes halogenated alkanes) is 1. The fraction of sp³-hybridized carbons (Fsp3) is 0.515. The number of amides is 1. The van der Waals surface area contributed by atoms with E-state index in [-0.39, 0.29) is 52.9 Å². The fourth-order valence-corrected chi connectivity index (χ4v) is 5.49. The topological polar surface area (TPSA) is 141 Å². The van der Waals surface area contributed by atoms with Crippen molar-refractivity contribution < 1.29 is 33.7 Å². The molecule has 246 valence electrons. The van der Waals surface area contributed by atoms with Crippen LogP contribution in [0.2, 0.25) is 0 Å². The van der Waals surface area contributed by atoms with E-state index in [2.05, 4.69) is 31.0 Å². The van der Waals surface area contributed by atoms with Crippen molar-refractivity contribution >= 4 is 46.2 Å². The molecule has 2 aliphatic rings. The smallest absolute Gasteiger partial charge is 0.303 e. The summed E-state index contributed by atoms with van der Waals surface area (Å²) < 4.78 is 17.7. The van der Waals surface area contributed by atoms with Crippen LogP contribution in [0.25, 0.3) is 0 Å². The molecule has 0 aliphatic carbocycles. The van der Waals surface area contributed by atoms with Crippen LogP contribution >= 0.6 is 17.0 Å². The zero-order valence-corrected chi connectivity index (χ0v) is 28.5. The number of halogens is 1. The molecule has 0 atom stereocenters. The quantitative estimate of drug-likeness (QED) is 0.200. The lowest BCUT2D eigenvalue weighted by molar-refractivity contribution is -0.137. The summed E-state index contributed by atoms with van der Waals surface area (Å²) in [5, 5.41) is 20.5. The Hall–Kier alpha value is -3.64. The van der Waals surface area contributed by atoms with Crippen LogP contribution in [-0.4, -0.2) is 86.6 Å². The van der Waals surface area contributed by atoms with Crippen molar-refractivity contribution in [3.05, 3.63) is 52.1 Å². The largest absolute Gasteiger partial charge is 0.493 e. The van der Waals surface area contributed by atoms with Crippen LogP contribution in [0.1, 0.15) is 84.4 Å². The van der Waals surface area contributed by atoms with Gasteiger partial charge < -0.3 is 34.4 Å². The van der Waals surface area contributed by atoms with Crippen LogP contribution in [0.15, 0.2) is 24.3 Å². The Morgan fingerprint density at radius 1 is 1.07 bits per heavy atom. The number of benzene rings is 2. The molecule has 2 heterocycles. The number of hydrogen-bond acceptors (Lipinski definition) is 8. The summed E-state index contributed by atoms with van der Waals surface area (Å²) >= 11 is 0.